The number of benzene rings is 2. The van der Waals surface area contributed by atoms with Crippen molar-refractivity contribution in [2.24, 2.45) is 0 Å². The van der Waals surface area contributed by atoms with Crippen molar-refractivity contribution in [3.05, 3.63) is 78.3 Å². The van der Waals surface area contributed by atoms with E-state index < -0.39 is 0 Å². The fraction of sp³-hybridized carbons (Fsp3) is 0.0526. The van der Waals surface area contributed by atoms with Gasteiger partial charge in [-0.3, -0.25) is 9.59 Å². The predicted molar refractivity (Wildman–Crippen MR) is 94.1 cm³/mol. The van der Waals surface area contributed by atoms with E-state index in [1.165, 1.54) is 6.26 Å². The molecule has 0 radical (unpaired) electrons. The minimum absolute atomic E-state index is 0.214. The number of methoxy groups -OCH3 is 1. The van der Waals surface area contributed by atoms with Crippen molar-refractivity contribution in [2.45, 2.75) is 0 Å². The molecular formula is C19H16N2O4. The number of carbonyl (C=O) groups excluding carboxylic acids is 2. The average molecular weight is 336 g/mol. The molecule has 126 valence electrons. The van der Waals surface area contributed by atoms with Crippen molar-refractivity contribution < 1.29 is 18.7 Å². The van der Waals surface area contributed by atoms with E-state index in [0.717, 1.165) is 0 Å². The molecule has 6 heteroatoms. The molecule has 0 atom stereocenters. The second-order valence-electron chi connectivity index (χ2n) is 5.20. The van der Waals surface area contributed by atoms with Gasteiger partial charge in [0.25, 0.3) is 11.8 Å². The third-order valence-corrected chi connectivity index (χ3v) is 3.46. The van der Waals surface area contributed by atoms with Crippen molar-refractivity contribution in [3.63, 3.8) is 0 Å². The molecular weight excluding hydrogens is 320 g/mol. The summed E-state index contributed by atoms with van der Waals surface area (Å²) in [6.45, 7) is 0. The Morgan fingerprint density at radius 1 is 0.880 bits per heavy atom. The molecule has 2 N–H and O–H groups in total. The quantitative estimate of drug-likeness (QED) is 0.743. The monoisotopic (exact) mass is 336 g/mol. The van der Waals surface area contributed by atoms with E-state index in [9.17, 15) is 9.59 Å². The number of nitrogens with one attached hydrogen (secondary N) is 2. The molecule has 0 saturated carbocycles. The molecule has 6 nitrogen and oxygen atoms in total. The molecule has 0 fully saturated rings. The lowest BCUT2D eigenvalue weighted by Gasteiger charge is -2.09. The van der Waals surface area contributed by atoms with Crippen LogP contribution in [0.15, 0.2) is 71.3 Å². The second kappa shape index (κ2) is 7.35. The van der Waals surface area contributed by atoms with Gasteiger partial charge in [-0.05, 0) is 48.5 Å². The summed E-state index contributed by atoms with van der Waals surface area (Å²) in [6.07, 6.45) is 1.43. The van der Waals surface area contributed by atoms with Crippen LogP contribution in [0.2, 0.25) is 0 Å². The second-order valence-corrected chi connectivity index (χ2v) is 5.20. The SMILES string of the molecule is COc1cccc(C(=O)Nc2cccc(NC(=O)c3ccco3)c2)c1. The molecule has 3 rings (SSSR count). The molecule has 1 aromatic heterocycles. The third kappa shape index (κ3) is 4.06. The number of hydrogen-bond donors (Lipinski definition) is 2. The molecule has 0 bridgehead atoms. The van der Waals surface area contributed by atoms with Gasteiger partial charge in [0.1, 0.15) is 5.75 Å². The lowest BCUT2D eigenvalue weighted by molar-refractivity contribution is 0.0995. The first-order valence-corrected chi connectivity index (χ1v) is 7.56. The van der Waals surface area contributed by atoms with Gasteiger partial charge in [0.2, 0.25) is 0 Å². The van der Waals surface area contributed by atoms with Crippen LogP contribution >= 0.6 is 0 Å². The molecule has 2 aromatic carbocycles. The van der Waals surface area contributed by atoms with Gasteiger partial charge in [0.05, 0.1) is 13.4 Å². The summed E-state index contributed by atoms with van der Waals surface area (Å²) >= 11 is 0. The Balaban J connectivity index is 1.71. The number of carbonyl (C=O) groups is 2. The Morgan fingerprint density at radius 3 is 2.28 bits per heavy atom. The van der Waals surface area contributed by atoms with Crippen molar-refractivity contribution in [1.82, 2.24) is 0 Å². The smallest absolute Gasteiger partial charge is 0.291 e. The standard InChI is InChI=1S/C19H16N2O4/c1-24-16-8-2-5-13(11-16)18(22)20-14-6-3-7-15(12-14)21-19(23)17-9-4-10-25-17/h2-12H,1H3,(H,20,22)(H,21,23). The highest BCUT2D eigenvalue weighted by molar-refractivity contribution is 6.05. The predicted octanol–water partition coefficient (Wildman–Crippen LogP) is 3.79. The van der Waals surface area contributed by atoms with Crippen LogP contribution in [0.1, 0.15) is 20.9 Å². The summed E-state index contributed by atoms with van der Waals surface area (Å²) < 4.78 is 10.2. The first kappa shape index (κ1) is 16.3. The fourth-order valence-electron chi connectivity index (χ4n) is 2.24. The van der Waals surface area contributed by atoms with Gasteiger partial charge in [0.15, 0.2) is 5.76 Å². The fourth-order valence-corrected chi connectivity index (χ4v) is 2.24. The molecule has 3 aromatic rings. The Bertz CT molecular complexity index is 888. The van der Waals surface area contributed by atoms with Crippen molar-refractivity contribution in [3.8, 4) is 5.75 Å². The van der Waals surface area contributed by atoms with Crippen molar-refractivity contribution in [1.29, 1.82) is 0 Å². The third-order valence-electron chi connectivity index (χ3n) is 3.46. The van der Waals surface area contributed by atoms with Crippen LogP contribution in [-0.2, 0) is 0 Å². The summed E-state index contributed by atoms with van der Waals surface area (Å²) in [4.78, 5) is 24.3. The zero-order valence-corrected chi connectivity index (χ0v) is 13.5. The van der Waals surface area contributed by atoms with E-state index in [0.29, 0.717) is 22.7 Å². The lowest BCUT2D eigenvalue weighted by Crippen LogP contribution is -2.13. The molecule has 0 aliphatic heterocycles. The average Bonchev–Trinajstić information content (AvgIpc) is 3.17. The van der Waals surface area contributed by atoms with Gasteiger partial charge in [-0.2, -0.15) is 0 Å². The van der Waals surface area contributed by atoms with Gasteiger partial charge in [-0.15, -0.1) is 0 Å². The van der Waals surface area contributed by atoms with Crippen LogP contribution in [0.5, 0.6) is 5.75 Å². The summed E-state index contributed by atoms with van der Waals surface area (Å²) in [7, 11) is 1.54. The van der Waals surface area contributed by atoms with E-state index in [4.69, 9.17) is 9.15 Å². The lowest BCUT2D eigenvalue weighted by atomic mass is 10.2. The van der Waals surface area contributed by atoms with E-state index >= 15 is 0 Å². The number of furan rings is 1. The number of amides is 2. The van der Waals surface area contributed by atoms with E-state index in [1.54, 1.807) is 67.8 Å². The number of ether oxygens (including phenoxy) is 1. The molecule has 0 saturated heterocycles. The normalized spacial score (nSPS) is 10.1. The van der Waals surface area contributed by atoms with Gasteiger partial charge in [-0.1, -0.05) is 12.1 Å². The Kier molecular flexibility index (Phi) is 4.80. The highest BCUT2D eigenvalue weighted by atomic mass is 16.5. The van der Waals surface area contributed by atoms with Gasteiger partial charge < -0.3 is 19.8 Å². The molecule has 1 heterocycles. The topological polar surface area (TPSA) is 80.6 Å². The maximum Gasteiger partial charge on any atom is 0.291 e. The van der Waals surface area contributed by atoms with Crippen LogP contribution in [0, 0.1) is 0 Å². The maximum absolute atomic E-state index is 12.3. The van der Waals surface area contributed by atoms with E-state index in [2.05, 4.69) is 10.6 Å². The Morgan fingerprint density at radius 2 is 1.60 bits per heavy atom. The minimum atomic E-state index is -0.360. The summed E-state index contributed by atoms with van der Waals surface area (Å²) in [5.41, 5.74) is 1.58. The largest absolute Gasteiger partial charge is 0.497 e. The zero-order valence-electron chi connectivity index (χ0n) is 13.5. The Hall–Kier alpha value is -3.54. The number of anilines is 2. The minimum Gasteiger partial charge on any atom is -0.497 e. The number of rotatable bonds is 5. The zero-order chi connectivity index (χ0) is 17.6. The van der Waals surface area contributed by atoms with Crippen LogP contribution < -0.4 is 15.4 Å². The Labute approximate surface area is 144 Å². The van der Waals surface area contributed by atoms with E-state index in [1.807, 2.05) is 0 Å². The molecule has 0 unspecified atom stereocenters. The molecule has 0 spiro atoms. The maximum atomic E-state index is 12.3. The highest BCUT2D eigenvalue weighted by Crippen LogP contribution is 2.18. The number of hydrogen-bond acceptors (Lipinski definition) is 4. The van der Waals surface area contributed by atoms with E-state index in [-0.39, 0.29) is 17.6 Å². The van der Waals surface area contributed by atoms with Crippen LogP contribution in [0.25, 0.3) is 0 Å². The first-order valence-electron chi connectivity index (χ1n) is 7.56. The van der Waals surface area contributed by atoms with Crippen LogP contribution in [0.3, 0.4) is 0 Å². The van der Waals surface area contributed by atoms with Crippen LogP contribution in [-0.4, -0.2) is 18.9 Å². The van der Waals surface area contributed by atoms with Crippen LogP contribution in [0.4, 0.5) is 11.4 Å². The highest BCUT2D eigenvalue weighted by Gasteiger charge is 2.10. The first-order chi connectivity index (χ1) is 12.2. The van der Waals surface area contributed by atoms with Gasteiger partial charge >= 0.3 is 0 Å². The van der Waals surface area contributed by atoms with Gasteiger partial charge in [0, 0.05) is 16.9 Å². The van der Waals surface area contributed by atoms with Gasteiger partial charge in [-0.25, -0.2) is 0 Å². The molecule has 25 heavy (non-hydrogen) atoms. The molecule has 0 aliphatic carbocycles. The molecule has 2 amide bonds. The van der Waals surface area contributed by atoms with Crippen molar-refractivity contribution >= 4 is 23.2 Å². The summed E-state index contributed by atoms with van der Waals surface area (Å²) in [5.74, 6) is 0.188. The summed E-state index contributed by atoms with van der Waals surface area (Å²) in [5, 5.41) is 5.50. The molecule has 0 aliphatic rings. The van der Waals surface area contributed by atoms with Crippen molar-refractivity contribution in [2.75, 3.05) is 17.7 Å². The summed E-state index contributed by atoms with van der Waals surface area (Å²) in [6, 6.07) is 16.9.